The first-order valence-electron chi connectivity index (χ1n) is 9.54. The number of hydrogen-bond acceptors (Lipinski definition) is 4. The summed E-state index contributed by atoms with van der Waals surface area (Å²) in [7, 11) is -2.18. The van der Waals surface area contributed by atoms with Crippen molar-refractivity contribution in [3.63, 3.8) is 0 Å². The average Bonchev–Trinajstić information content (AvgIpc) is 3.06. The Labute approximate surface area is 181 Å². The molecule has 0 atom stereocenters. The van der Waals surface area contributed by atoms with Crippen LogP contribution in [0.5, 0.6) is 0 Å². The highest BCUT2D eigenvalue weighted by Crippen LogP contribution is 2.26. The Hall–Kier alpha value is -2.55. The molecule has 1 amide bonds. The Balaban J connectivity index is 1.91. The lowest BCUT2D eigenvalue weighted by atomic mass is 10.2. The number of methoxy groups -OCH3 is 1. The molecule has 2 N–H and O–H groups in total. The van der Waals surface area contributed by atoms with Crippen LogP contribution in [-0.4, -0.2) is 39.2 Å². The number of carbonyl (C=O) groups is 1. The summed E-state index contributed by atoms with van der Waals surface area (Å²) in [5, 5.41) is 4.07. The summed E-state index contributed by atoms with van der Waals surface area (Å²) in [5.41, 5.74) is 1.81. The molecule has 3 rings (SSSR count). The third-order valence-corrected chi connectivity index (χ3v) is 6.20. The van der Waals surface area contributed by atoms with E-state index in [4.69, 9.17) is 16.3 Å². The summed E-state index contributed by atoms with van der Waals surface area (Å²) in [5.74, 6) is -0.194. The largest absolute Gasteiger partial charge is 0.383 e. The lowest BCUT2D eigenvalue weighted by Crippen LogP contribution is -2.28. The van der Waals surface area contributed by atoms with Crippen molar-refractivity contribution in [3.05, 3.63) is 59.2 Å². The fourth-order valence-corrected chi connectivity index (χ4v) is 4.35. The number of rotatable bonds is 9. The van der Waals surface area contributed by atoms with Crippen LogP contribution in [0.2, 0.25) is 5.02 Å². The summed E-state index contributed by atoms with van der Waals surface area (Å²) >= 11 is 5.84. The summed E-state index contributed by atoms with van der Waals surface area (Å²) in [4.78, 5) is 12.7. The highest BCUT2D eigenvalue weighted by molar-refractivity contribution is 7.92. The molecule has 1 aromatic heterocycles. The van der Waals surface area contributed by atoms with Crippen LogP contribution in [0, 0.1) is 0 Å². The van der Waals surface area contributed by atoms with E-state index in [0.29, 0.717) is 36.1 Å². The Kier molecular flexibility index (Phi) is 7.02. The van der Waals surface area contributed by atoms with E-state index in [1.54, 1.807) is 25.3 Å². The number of aryl methyl sites for hydroxylation is 1. The normalized spacial score (nSPS) is 11.6. The van der Waals surface area contributed by atoms with Crippen molar-refractivity contribution in [1.29, 1.82) is 0 Å². The molecule has 7 nitrogen and oxygen atoms in total. The number of halogens is 1. The first kappa shape index (κ1) is 22.1. The van der Waals surface area contributed by atoms with E-state index in [9.17, 15) is 13.2 Å². The predicted octanol–water partition coefficient (Wildman–Crippen LogP) is 3.88. The molecule has 0 spiro atoms. The maximum Gasteiger partial charge on any atom is 0.268 e. The van der Waals surface area contributed by atoms with Gasteiger partial charge in [-0.2, -0.15) is 0 Å². The van der Waals surface area contributed by atoms with Crippen molar-refractivity contribution in [2.75, 3.05) is 25.0 Å². The number of nitrogens with zero attached hydrogens (tertiary/aromatic N) is 1. The second-order valence-corrected chi connectivity index (χ2v) is 8.88. The smallest absolute Gasteiger partial charge is 0.268 e. The number of carbonyl (C=O) groups excluding carboxylic acids is 1. The lowest BCUT2D eigenvalue weighted by molar-refractivity contribution is 0.0928. The van der Waals surface area contributed by atoms with Crippen LogP contribution in [-0.2, 0) is 21.3 Å². The van der Waals surface area contributed by atoms with E-state index in [-0.39, 0.29) is 10.8 Å². The number of anilines is 1. The van der Waals surface area contributed by atoms with Crippen LogP contribution in [0.3, 0.4) is 0 Å². The fourth-order valence-electron chi connectivity index (χ4n) is 3.17. The van der Waals surface area contributed by atoms with Gasteiger partial charge in [0.05, 0.1) is 11.5 Å². The SMILES string of the molecule is CCCn1c(C(=O)NCCOC)cc2cc(NS(=O)(=O)c3ccc(Cl)cc3)ccc21. The van der Waals surface area contributed by atoms with Gasteiger partial charge in [0.2, 0.25) is 0 Å². The zero-order valence-corrected chi connectivity index (χ0v) is 18.4. The van der Waals surface area contributed by atoms with Gasteiger partial charge in [0.1, 0.15) is 5.69 Å². The van der Waals surface area contributed by atoms with Gasteiger partial charge in [0, 0.05) is 41.8 Å². The fraction of sp³-hybridized carbons (Fsp3) is 0.286. The van der Waals surface area contributed by atoms with Gasteiger partial charge in [-0.1, -0.05) is 18.5 Å². The molecule has 3 aromatic rings. The topological polar surface area (TPSA) is 89.4 Å². The Morgan fingerprint density at radius 1 is 1.13 bits per heavy atom. The highest BCUT2D eigenvalue weighted by atomic mass is 35.5. The first-order valence-corrected chi connectivity index (χ1v) is 11.4. The quantitative estimate of drug-likeness (QED) is 0.485. The second-order valence-electron chi connectivity index (χ2n) is 6.76. The molecule has 0 aliphatic heterocycles. The van der Waals surface area contributed by atoms with E-state index in [0.717, 1.165) is 17.3 Å². The van der Waals surface area contributed by atoms with E-state index in [1.165, 1.54) is 24.3 Å². The molecule has 160 valence electrons. The molecule has 9 heteroatoms. The van der Waals surface area contributed by atoms with Crippen LogP contribution < -0.4 is 10.0 Å². The third-order valence-electron chi connectivity index (χ3n) is 4.55. The number of amides is 1. The van der Waals surface area contributed by atoms with Crippen molar-refractivity contribution in [2.24, 2.45) is 0 Å². The van der Waals surface area contributed by atoms with E-state index in [1.807, 2.05) is 17.6 Å². The molecule has 0 saturated heterocycles. The average molecular weight is 450 g/mol. The molecule has 0 saturated carbocycles. The number of hydrogen-bond donors (Lipinski definition) is 2. The van der Waals surface area contributed by atoms with E-state index in [2.05, 4.69) is 10.0 Å². The van der Waals surface area contributed by atoms with E-state index < -0.39 is 10.0 Å². The van der Waals surface area contributed by atoms with Crippen molar-refractivity contribution in [2.45, 2.75) is 24.8 Å². The number of fused-ring (bicyclic) bond motifs is 1. The summed E-state index contributed by atoms with van der Waals surface area (Å²) in [6.07, 6.45) is 0.854. The molecule has 0 unspecified atom stereocenters. The van der Waals surface area contributed by atoms with Gasteiger partial charge in [-0.3, -0.25) is 9.52 Å². The number of aromatic nitrogens is 1. The molecule has 0 bridgehead atoms. The van der Waals surface area contributed by atoms with Gasteiger partial charge in [-0.25, -0.2) is 8.42 Å². The molecule has 0 radical (unpaired) electrons. The minimum absolute atomic E-state index is 0.119. The summed E-state index contributed by atoms with van der Waals surface area (Å²) in [6.45, 7) is 3.55. The highest BCUT2D eigenvalue weighted by Gasteiger charge is 2.18. The number of nitrogens with one attached hydrogen (secondary N) is 2. The molecular weight excluding hydrogens is 426 g/mol. The minimum Gasteiger partial charge on any atom is -0.383 e. The van der Waals surface area contributed by atoms with Crippen LogP contribution >= 0.6 is 11.6 Å². The Bertz CT molecular complexity index is 1140. The Morgan fingerprint density at radius 2 is 1.87 bits per heavy atom. The molecular formula is C21H24ClN3O4S. The van der Waals surface area contributed by atoms with Crippen LogP contribution in [0.4, 0.5) is 5.69 Å². The maximum absolute atomic E-state index is 12.6. The monoisotopic (exact) mass is 449 g/mol. The van der Waals surface area contributed by atoms with Crippen LogP contribution in [0.25, 0.3) is 10.9 Å². The molecule has 2 aromatic carbocycles. The Morgan fingerprint density at radius 3 is 2.53 bits per heavy atom. The third kappa shape index (κ3) is 4.95. The predicted molar refractivity (Wildman–Crippen MR) is 119 cm³/mol. The zero-order valence-electron chi connectivity index (χ0n) is 16.8. The molecule has 1 heterocycles. The molecule has 0 aliphatic carbocycles. The minimum atomic E-state index is -3.75. The summed E-state index contributed by atoms with van der Waals surface area (Å²) in [6, 6.07) is 12.9. The standard InChI is InChI=1S/C21H24ClN3O4S/c1-3-11-25-19-9-6-17(24-30(27,28)18-7-4-16(22)5-8-18)13-15(19)14-20(25)21(26)23-10-12-29-2/h4-9,13-14,24H,3,10-12H2,1-2H3,(H,23,26). The van der Waals surface area contributed by atoms with Gasteiger partial charge in [0.15, 0.2) is 0 Å². The van der Waals surface area contributed by atoms with E-state index >= 15 is 0 Å². The van der Waals surface area contributed by atoms with Gasteiger partial charge >= 0.3 is 0 Å². The first-order chi connectivity index (χ1) is 14.4. The van der Waals surface area contributed by atoms with Crippen LogP contribution in [0.1, 0.15) is 23.8 Å². The van der Waals surface area contributed by atoms with Gasteiger partial charge < -0.3 is 14.6 Å². The van der Waals surface area contributed by atoms with Crippen molar-refractivity contribution < 1.29 is 17.9 Å². The number of benzene rings is 2. The molecule has 0 aliphatic rings. The zero-order chi connectivity index (χ0) is 21.7. The molecule has 0 fully saturated rings. The lowest BCUT2D eigenvalue weighted by Gasteiger charge is -2.11. The summed E-state index contributed by atoms with van der Waals surface area (Å²) < 4.78 is 34.8. The van der Waals surface area contributed by atoms with Gasteiger partial charge in [0.25, 0.3) is 15.9 Å². The van der Waals surface area contributed by atoms with Crippen molar-refractivity contribution in [3.8, 4) is 0 Å². The van der Waals surface area contributed by atoms with Crippen LogP contribution in [0.15, 0.2) is 53.4 Å². The van der Waals surface area contributed by atoms with Crippen molar-refractivity contribution >= 4 is 44.1 Å². The van der Waals surface area contributed by atoms with Crippen molar-refractivity contribution in [1.82, 2.24) is 9.88 Å². The number of sulfonamides is 1. The maximum atomic E-state index is 12.6. The number of ether oxygens (including phenoxy) is 1. The second kappa shape index (κ2) is 9.51. The molecule has 30 heavy (non-hydrogen) atoms. The van der Waals surface area contributed by atoms with Gasteiger partial charge in [-0.05, 0) is 55.0 Å². The van der Waals surface area contributed by atoms with Gasteiger partial charge in [-0.15, -0.1) is 0 Å².